The van der Waals surface area contributed by atoms with Crippen LogP contribution in [0.25, 0.3) is 0 Å². The highest BCUT2D eigenvalue weighted by atomic mass is 16.6. The molecule has 0 radical (unpaired) electrons. The minimum atomic E-state index is -1.64. The SMILES string of the molecule is C=C1C2C(CO)CC(C(=O)CCc3cccc(CCC4(O)CCCCC4)c3)(C1(C)C)C2(O)OC. The first-order valence-electron chi connectivity index (χ1n) is 13.0. The Hall–Kier alpha value is -1.53. The van der Waals surface area contributed by atoms with Crippen molar-refractivity contribution in [1.82, 2.24) is 0 Å². The molecule has 34 heavy (non-hydrogen) atoms. The number of aryl methyl sites for hydroxylation is 2. The fourth-order valence-electron chi connectivity index (χ4n) is 7.51. The van der Waals surface area contributed by atoms with E-state index in [2.05, 4.69) is 18.7 Å². The van der Waals surface area contributed by atoms with Crippen molar-refractivity contribution in [3.05, 3.63) is 47.5 Å². The number of Topliss-reactive ketones (excluding diaryl/α,β-unsaturated/α-hetero) is 1. The molecule has 4 atom stereocenters. The van der Waals surface area contributed by atoms with Crippen molar-refractivity contribution in [2.45, 2.75) is 89.4 Å². The number of carbonyl (C=O) groups is 1. The van der Waals surface area contributed by atoms with Crippen LogP contribution in [0.1, 0.15) is 76.3 Å². The third-order valence-corrected chi connectivity index (χ3v) is 9.64. The second kappa shape index (κ2) is 9.16. The Balaban J connectivity index is 1.48. The molecule has 1 aromatic rings. The molecule has 5 heteroatoms. The summed E-state index contributed by atoms with van der Waals surface area (Å²) in [6.45, 7) is 8.07. The standard InChI is InChI=1S/C29H42O5/c1-20-25-23(19-30)18-28(26(20,2)3,29(25,33)34-4)24(31)12-11-21-9-8-10-22(17-21)13-16-27(32)14-6-5-7-15-27/h8-10,17,23,25,30,32-33H,1,5-7,11-16,18-19H2,2-4H3. The molecule has 3 N–H and O–H groups in total. The van der Waals surface area contributed by atoms with E-state index in [1.165, 1.54) is 19.1 Å². The Morgan fingerprint density at radius 3 is 2.38 bits per heavy atom. The summed E-state index contributed by atoms with van der Waals surface area (Å²) >= 11 is 0. The minimum Gasteiger partial charge on any atom is -0.396 e. The molecule has 0 heterocycles. The van der Waals surface area contributed by atoms with Gasteiger partial charge >= 0.3 is 0 Å². The molecule has 188 valence electrons. The van der Waals surface area contributed by atoms with E-state index in [1.807, 2.05) is 26.0 Å². The molecule has 4 rings (SSSR count). The van der Waals surface area contributed by atoms with Gasteiger partial charge < -0.3 is 20.1 Å². The van der Waals surface area contributed by atoms with Crippen molar-refractivity contribution >= 4 is 5.78 Å². The van der Waals surface area contributed by atoms with Gasteiger partial charge in [-0.1, -0.05) is 69.5 Å². The lowest BCUT2D eigenvalue weighted by molar-refractivity contribution is -0.253. The number of carbonyl (C=O) groups excluding carboxylic acids is 1. The average Bonchev–Trinajstić information content (AvgIpc) is 3.17. The van der Waals surface area contributed by atoms with Gasteiger partial charge in [0.25, 0.3) is 0 Å². The lowest BCUT2D eigenvalue weighted by atomic mass is 9.58. The van der Waals surface area contributed by atoms with Crippen LogP contribution in [0.15, 0.2) is 36.4 Å². The van der Waals surface area contributed by atoms with Crippen LogP contribution in [0.5, 0.6) is 0 Å². The zero-order valence-corrected chi connectivity index (χ0v) is 21.1. The van der Waals surface area contributed by atoms with Crippen LogP contribution < -0.4 is 0 Å². The van der Waals surface area contributed by atoms with Crippen LogP contribution in [0.4, 0.5) is 0 Å². The van der Waals surface area contributed by atoms with Gasteiger partial charge in [-0.05, 0) is 55.6 Å². The zero-order valence-electron chi connectivity index (χ0n) is 21.1. The number of benzene rings is 1. The number of rotatable bonds is 9. The van der Waals surface area contributed by atoms with Crippen molar-refractivity contribution in [1.29, 1.82) is 0 Å². The second-order valence-electron chi connectivity index (χ2n) is 11.6. The summed E-state index contributed by atoms with van der Waals surface area (Å²) in [4.78, 5) is 13.9. The molecular formula is C29H42O5. The van der Waals surface area contributed by atoms with Crippen LogP contribution >= 0.6 is 0 Å². The fraction of sp³-hybridized carbons (Fsp3) is 0.690. The van der Waals surface area contributed by atoms with Crippen LogP contribution in [0, 0.1) is 22.7 Å². The summed E-state index contributed by atoms with van der Waals surface area (Å²) in [6.07, 6.45) is 8.10. The third kappa shape index (κ3) is 3.80. The number of hydrogen-bond donors (Lipinski definition) is 3. The first-order chi connectivity index (χ1) is 16.0. The quantitative estimate of drug-likeness (QED) is 0.369. The highest BCUT2D eigenvalue weighted by Gasteiger charge is 2.79. The maximum atomic E-state index is 13.9. The zero-order chi connectivity index (χ0) is 24.8. The molecule has 4 unspecified atom stereocenters. The molecule has 0 aliphatic heterocycles. The van der Waals surface area contributed by atoms with Crippen LogP contribution in [-0.4, -0.2) is 46.2 Å². The highest BCUT2D eigenvalue weighted by molar-refractivity contribution is 5.89. The topological polar surface area (TPSA) is 87.0 Å². The number of fused-ring (bicyclic) bond motifs is 2. The second-order valence-corrected chi connectivity index (χ2v) is 11.6. The van der Waals surface area contributed by atoms with E-state index in [1.54, 1.807) is 0 Å². The van der Waals surface area contributed by atoms with Gasteiger partial charge in [-0.3, -0.25) is 4.79 Å². The predicted octanol–water partition coefficient (Wildman–Crippen LogP) is 4.36. The van der Waals surface area contributed by atoms with Crippen molar-refractivity contribution in [2.24, 2.45) is 22.7 Å². The number of aliphatic hydroxyl groups excluding tert-OH is 1. The maximum absolute atomic E-state index is 13.9. The molecule has 3 aliphatic carbocycles. The molecule has 0 spiro atoms. The summed E-state index contributed by atoms with van der Waals surface area (Å²) < 4.78 is 5.66. The van der Waals surface area contributed by atoms with Gasteiger partial charge in [0.05, 0.1) is 11.0 Å². The molecule has 5 nitrogen and oxygen atoms in total. The van der Waals surface area contributed by atoms with Gasteiger partial charge in [-0.15, -0.1) is 0 Å². The Morgan fingerprint density at radius 1 is 1.12 bits per heavy atom. The highest BCUT2D eigenvalue weighted by Crippen LogP contribution is 2.73. The summed E-state index contributed by atoms with van der Waals surface area (Å²) in [6, 6.07) is 8.31. The molecule has 1 aromatic carbocycles. The van der Waals surface area contributed by atoms with Gasteiger partial charge in [0.2, 0.25) is 0 Å². The molecular weight excluding hydrogens is 428 g/mol. The van der Waals surface area contributed by atoms with Crippen molar-refractivity contribution in [3.63, 3.8) is 0 Å². The third-order valence-electron chi connectivity index (χ3n) is 9.64. The first kappa shape index (κ1) is 25.6. The van der Waals surface area contributed by atoms with E-state index in [9.17, 15) is 20.1 Å². The molecule has 3 fully saturated rings. The molecule has 3 saturated carbocycles. The van der Waals surface area contributed by atoms with E-state index in [0.717, 1.165) is 49.7 Å². The van der Waals surface area contributed by atoms with Crippen molar-refractivity contribution in [3.8, 4) is 0 Å². The van der Waals surface area contributed by atoms with Gasteiger partial charge in [-0.2, -0.15) is 0 Å². The summed E-state index contributed by atoms with van der Waals surface area (Å²) in [5.41, 5.74) is 0.784. The van der Waals surface area contributed by atoms with Gasteiger partial charge in [0.1, 0.15) is 5.78 Å². The van der Waals surface area contributed by atoms with E-state index < -0.39 is 28.1 Å². The predicted molar refractivity (Wildman–Crippen MR) is 132 cm³/mol. The number of aliphatic hydroxyl groups is 3. The molecule has 0 aromatic heterocycles. The van der Waals surface area contributed by atoms with E-state index in [0.29, 0.717) is 19.3 Å². The Labute approximate surface area is 204 Å². The van der Waals surface area contributed by atoms with Crippen LogP contribution in [0.3, 0.4) is 0 Å². The lowest BCUT2D eigenvalue weighted by Gasteiger charge is -2.46. The maximum Gasteiger partial charge on any atom is 0.185 e. The average molecular weight is 471 g/mol. The largest absolute Gasteiger partial charge is 0.396 e. The summed E-state index contributed by atoms with van der Waals surface area (Å²) in [5.74, 6) is -2.35. The Morgan fingerprint density at radius 2 is 1.76 bits per heavy atom. The number of methoxy groups -OCH3 is 1. The molecule has 0 amide bonds. The summed E-state index contributed by atoms with van der Waals surface area (Å²) in [5, 5.41) is 32.5. The van der Waals surface area contributed by atoms with Crippen LogP contribution in [0.2, 0.25) is 0 Å². The van der Waals surface area contributed by atoms with Crippen molar-refractivity contribution in [2.75, 3.05) is 13.7 Å². The van der Waals surface area contributed by atoms with E-state index in [-0.39, 0.29) is 18.3 Å². The van der Waals surface area contributed by atoms with Crippen LogP contribution in [-0.2, 0) is 22.4 Å². The summed E-state index contributed by atoms with van der Waals surface area (Å²) in [7, 11) is 1.45. The van der Waals surface area contributed by atoms with Gasteiger partial charge in [0, 0.05) is 31.5 Å². The molecule has 2 bridgehead atoms. The lowest BCUT2D eigenvalue weighted by Crippen LogP contribution is -2.55. The Kier molecular flexibility index (Phi) is 6.89. The van der Waals surface area contributed by atoms with E-state index >= 15 is 0 Å². The normalized spacial score (nSPS) is 33.9. The molecule has 0 saturated heterocycles. The monoisotopic (exact) mass is 470 g/mol. The number of ketones is 1. The first-order valence-corrected chi connectivity index (χ1v) is 13.0. The minimum absolute atomic E-state index is 0.0247. The number of hydrogen-bond acceptors (Lipinski definition) is 5. The molecule has 3 aliphatic rings. The van der Waals surface area contributed by atoms with E-state index in [4.69, 9.17) is 4.74 Å². The smallest absolute Gasteiger partial charge is 0.185 e. The van der Waals surface area contributed by atoms with Gasteiger partial charge in [0.15, 0.2) is 5.79 Å². The Bertz CT molecular complexity index is 930. The van der Waals surface area contributed by atoms with Crippen molar-refractivity contribution < 1.29 is 24.9 Å². The number of ether oxygens (including phenoxy) is 1. The fourth-order valence-corrected chi connectivity index (χ4v) is 7.51. The van der Waals surface area contributed by atoms with Gasteiger partial charge in [-0.25, -0.2) is 0 Å².